The summed E-state index contributed by atoms with van der Waals surface area (Å²) in [5.41, 5.74) is 6.27. The number of furan rings is 1. The highest BCUT2D eigenvalue weighted by Gasteiger charge is 2.22. The molecule has 2 N–H and O–H groups in total. The molecule has 1 aliphatic carbocycles. The van der Waals surface area contributed by atoms with Crippen molar-refractivity contribution in [3.63, 3.8) is 0 Å². The average Bonchev–Trinajstić information content (AvgIpc) is 2.53. The summed E-state index contributed by atoms with van der Waals surface area (Å²) in [7, 11) is 0. The van der Waals surface area contributed by atoms with Crippen molar-refractivity contribution in [2.24, 2.45) is 5.73 Å². The minimum atomic E-state index is 0.0881. The van der Waals surface area contributed by atoms with E-state index in [1.807, 2.05) is 12.1 Å². The molecule has 0 saturated carbocycles. The summed E-state index contributed by atoms with van der Waals surface area (Å²) in [6.07, 6.45) is 4.36. The highest BCUT2D eigenvalue weighted by molar-refractivity contribution is 5.91. The van der Waals surface area contributed by atoms with Gasteiger partial charge in [0.1, 0.15) is 5.76 Å². The average molecular weight is 177 g/mol. The van der Waals surface area contributed by atoms with Gasteiger partial charge in [0.2, 0.25) is 0 Å². The van der Waals surface area contributed by atoms with Gasteiger partial charge in [0, 0.05) is 18.0 Å². The van der Waals surface area contributed by atoms with Gasteiger partial charge in [-0.15, -0.1) is 0 Å². The van der Waals surface area contributed by atoms with E-state index in [0.29, 0.717) is 12.1 Å². The topological polar surface area (TPSA) is 56.2 Å². The normalized spacial score (nSPS) is 22.9. The molecule has 13 heavy (non-hydrogen) atoms. The quantitative estimate of drug-likeness (QED) is 0.708. The molecule has 0 radical (unpaired) electrons. The Morgan fingerprint density at radius 3 is 2.92 bits per heavy atom. The molecule has 0 amide bonds. The minimum Gasteiger partial charge on any atom is -0.469 e. The molecular weight excluding hydrogens is 166 g/mol. The monoisotopic (exact) mass is 177 g/mol. The fourth-order valence-corrected chi connectivity index (χ4v) is 1.65. The minimum absolute atomic E-state index is 0.0881. The SMILES string of the molecule is NC1=CC(=O)C[C@H](c2ccco2)C1. The third-order valence-corrected chi connectivity index (χ3v) is 2.22. The van der Waals surface area contributed by atoms with Crippen molar-refractivity contribution >= 4 is 5.78 Å². The van der Waals surface area contributed by atoms with Gasteiger partial charge in [0.15, 0.2) is 5.78 Å². The first kappa shape index (κ1) is 8.10. The van der Waals surface area contributed by atoms with Crippen molar-refractivity contribution in [2.75, 3.05) is 0 Å². The van der Waals surface area contributed by atoms with Crippen LogP contribution in [-0.4, -0.2) is 5.78 Å². The first-order valence-corrected chi connectivity index (χ1v) is 4.28. The molecule has 0 bridgehead atoms. The van der Waals surface area contributed by atoms with Gasteiger partial charge in [-0.3, -0.25) is 4.79 Å². The van der Waals surface area contributed by atoms with Crippen LogP contribution in [0.5, 0.6) is 0 Å². The third kappa shape index (κ3) is 1.64. The van der Waals surface area contributed by atoms with E-state index in [9.17, 15) is 4.79 Å². The van der Waals surface area contributed by atoms with Crippen LogP contribution in [0, 0.1) is 0 Å². The lowest BCUT2D eigenvalue weighted by molar-refractivity contribution is -0.115. The first-order valence-electron chi connectivity index (χ1n) is 4.28. The summed E-state index contributed by atoms with van der Waals surface area (Å²) >= 11 is 0. The van der Waals surface area contributed by atoms with Crippen LogP contribution in [0.1, 0.15) is 24.5 Å². The van der Waals surface area contributed by atoms with Crippen molar-refractivity contribution in [3.8, 4) is 0 Å². The van der Waals surface area contributed by atoms with Crippen LogP contribution >= 0.6 is 0 Å². The Hall–Kier alpha value is -1.51. The number of ketones is 1. The van der Waals surface area contributed by atoms with E-state index in [4.69, 9.17) is 10.2 Å². The Kier molecular flexibility index (Phi) is 1.93. The smallest absolute Gasteiger partial charge is 0.158 e. The highest BCUT2D eigenvalue weighted by Crippen LogP contribution is 2.29. The molecule has 3 nitrogen and oxygen atoms in total. The molecule has 0 saturated heterocycles. The maximum absolute atomic E-state index is 11.2. The number of carbonyl (C=O) groups excluding carboxylic acids is 1. The Morgan fingerprint density at radius 2 is 2.31 bits per heavy atom. The van der Waals surface area contributed by atoms with Gasteiger partial charge < -0.3 is 10.2 Å². The van der Waals surface area contributed by atoms with Crippen LogP contribution in [-0.2, 0) is 4.79 Å². The van der Waals surface area contributed by atoms with Gasteiger partial charge in [-0.1, -0.05) is 0 Å². The molecule has 0 aliphatic heterocycles. The summed E-state index contributed by atoms with van der Waals surface area (Å²) in [5, 5.41) is 0. The lowest BCUT2D eigenvalue weighted by Gasteiger charge is -2.17. The Morgan fingerprint density at radius 1 is 1.46 bits per heavy atom. The van der Waals surface area contributed by atoms with Crippen molar-refractivity contribution in [1.82, 2.24) is 0 Å². The van der Waals surface area contributed by atoms with E-state index < -0.39 is 0 Å². The van der Waals surface area contributed by atoms with Gasteiger partial charge >= 0.3 is 0 Å². The van der Waals surface area contributed by atoms with Crippen LogP contribution in [0.3, 0.4) is 0 Å². The summed E-state index contributed by atoms with van der Waals surface area (Å²) in [5.74, 6) is 1.07. The number of rotatable bonds is 1. The predicted octanol–water partition coefficient (Wildman–Crippen LogP) is 1.57. The zero-order chi connectivity index (χ0) is 9.26. The highest BCUT2D eigenvalue weighted by atomic mass is 16.3. The largest absolute Gasteiger partial charge is 0.469 e. The summed E-state index contributed by atoms with van der Waals surface area (Å²) in [6, 6.07) is 3.71. The van der Waals surface area contributed by atoms with E-state index >= 15 is 0 Å². The number of nitrogens with two attached hydrogens (primary N) is 1. The van der Waals surface area contributed by atoms with E-state index in [1.54, 1.807) is 6.26 Å². The van der Waals surface area contributed by atoms with Gasteiger partial charge in [0.25, 0.3) is 0 Å². The molecule has 1 atom stereocenters. The fourth-order valence-electron chi connectivity index (χ4n) is 1.65. The van der Waals surface area contributed by atoms with Crippen LogP contribution < -0.4 is 5.73 Å². The van der Waals surface area contributed by atoms with E-state index in [2.05, 4.69) is 0 Å². The van der Waals surface area contributed by atoms with Crippen molar-refractivity contribution in [2.45, 2.75) is 18.8 Å². The molecule has 1 aromatic heterocycles. The van der Waals surface area contributed by atoms with E-state index in [1.165, 1.54) is 6.08 Å². The summed E-state index contributed by atoms with van der Waals surface area (Å²) in [4.78, 5) is 11.2. The van der Waals surface area contributed by atoms with Gasteiger partial charge in [-0.25, -0.2) is 0 Å². The number of allylic oxidation sites excluding steroid dienone is 2. The second-order valence-electron chi connectivity index (χ2n) is 3.31. The van der Waals surface area contributed by atoms with Crippen molar-refractivity contribution in [3.05, 3.63) is 35.9 Å². The first-order chi connectivity index (χ1) is 6.25. The Bertz CT molecular complexity index is 338. The summed E-state index contributed by atoms with van der Waals surface area (Å²) < 4.78 is 5.23. The molecule has 1 aromatic rings. The van der Waals surface area contributed by atoms with Gasteiger partial charge in [0.05, 0.1) is 6.26 Å². The molecule has 0 fully saturated rings. The lowest BCUT2D eigenvalue weighted by Crippen LogP contribution is -2.16. The van der Waals surface area contributed by atoms with Crippen LogP contribution in [0.25, 0.3) is 0 Å². The molecule has 68 valence electrons. The second-order valence-corrected chi connectivity index (χ2v) is 3.31. The molecule has 0 spiro atoms. The maximum Gasteiger partial charge on any atom is 0.158 e. The van der Waals surface area contributed by atoms with Crippen molar-refractivity contribution < 1.29 is 9.21 Å². The molecule has 1 heterocycles. The zero-order valence-electron chi connectivity index (χ0n) is 7.19. The van der Waals surface area contributed by atoms with Crippen LogP contribution in [0.4, 0.5) is 0 Å². The lowest BCUT2D eigenvalue weighted by atomic mass is 9.89. The van der Waals surface area contributed by atoms with Crippen LogP contribution in [0.2, 0.25) is 0 Å². The van der Waals surface area contributed by atoms with Gasteiger partial charge in [-0.05, 0) is 24.6 Å². The Labute approximate surface area is 76.2 Å². The molecule has 0 aromatic carbocycles. The van der Waals surface area contributed by atoms with Crippen LogP contribution in [0.15, 0.2) is 34.6 Å². The third-order valence-electron chi connectivity index (χ3n) is 2.22. The maximum atomic E-state index is 11.2. The molecule has 1 aliphatic rings. The summed E-state index contributed by atoms with van der Waals surface area (Å²) in [6.45, 7) is 0. The second kappa shape index (κ2) is 3.09. The zero-order valence-corrected chi connectivity index (χ0v) is 7.19. The molecule has 0 unspecified atom stereocenters. The Balaban J connectivity index is 2.20. The number of carbonyl (C=O) groups is 1. The fraction of sp³-hybridized carbons (Fsp3) is 0.300. The standard InChI is InChI=1S/C10H11NO2/c11-8-4-7(5-9(12)6-8)10-2-1-3-13-10/h1-3,6-7H,4-5,11H2/t7-/m1/s1. The molecular formula is C10H11NO2. The van der Waals surface area contributed by atoms with Crippen molar-refractivity contribution in [1.29, 1.82) is 0 Å². The predicted molar refractivity (Wildman–Crippen MR) is 48.0 cm³/mol. The van der Waals surface area contributed by atoms with Gasteiger partial charge in [-0.2, -0.15) is 0 Å². The molecule has 2 rings (SSSR count). The number of hydrogen-bond donors (Lipinski definition) is 1. The van der Waals surface area contributed by atoms with E-state index in [-0.39, 0.29) is 11.7 Å². The van der Waals surface area contributed by atoms with E-state index in [0.717, 1.165) is 12.2 Å². The molecule has 3 heteroatoms. The number of hydrogen-bond acceptors (Lipinski definition) is 3.